The van der Waals surface area contributed by atoms with Crippen molar-refractivity contribution in [3.05, 3.63) is 48.3 Å². The highest BCUT2D eigenvalue weighted by atomic mass is 127. The number of morpholine rings is 1. The molecule has 0 amide bonds. The standard InChI is InChI=1S/C20H30N6O.HI/c1-16(25(4)18-8-6-5-7-9-18)12-22-20(21-2)26-10-11-27-19(15-26)17-13-23-24(3)14-17;/h5-9,13-14,16,19H,10-12,15H2,1-4H3,(H,21,22);1H. The summed E-state index contributed by atoms with van der Waals surface area (Å²) in [4.78, 5) is 9.02. The molecule has 28 heavy (non-hydrogen) atoms. The summed E-state index contributed by atoms with van der Waals surface area (Å²) in [6, 6.07) is 10.8. The third-order valence-corrected chi connectivity index (χ3v) is 5.05. The molecule has 0 spiro atoms. The molecule has 2 aromatic rings. The number of ether oxygens (including phenoxy) is 1. The van der Waals surface area contributed by atoms with Crippen LogP contribution in [0.1, 0.15) is 18.6 Å². The fourth-order valence-electron chi connectivity index (χ4n) is 3.28. The van der Waals surface area contributed by atoms with Crippen molar-refractivity contribution >= 4 is 35.6 Å². The fourth-order valence-corrected chi connectivity index (χ4v) is 3.28. The van der Waals surface area contributed by atoms with Gasteiger partial charge >= 0.3 is 0 Å². The molecule has 7 nitrogen and oxygen atoms in total. The molecular formula is C20H31IN6O. The van der Waals surface area contributed by atoms with Gasteiger partial charge in [-0.1, -0.05) is 18.2 Å². The van der Waals surface area contributed by atoms with E-state index in [-0.39, 0.29) is 30.1 Å². The van der Waals surface area contributed by atoms with E-state index in [2.05, 4.69) is 63.4 Å². The lowest BCUT2D eigenvalue weighted by Gasteiger charge is -2.36. The van der Waals surface area contributed by atoms with E-state index < -0.39 is 0 Å². The second-order valence-corrected chi connectivity index (χ2v) is 6.98. The molecule has 1 aliphatic heterocycles. The third kappa shape index (κ3) is 5.60. The maximum atomic E-state index is 5.94. The molecule has 1 aromatic heterocycles. The number of para-hydroxylation sites is 1. The van der Waals surface area contributed by atoms with Crippen LogP contribution in [-0.4, -0.2) is 67.0 Å². The molecule has 8 heteroatoms. The summed E-state index contributed by atoms with van der Waals surface area (Å²) in [5, 5.41) is 7.78. The third-order valence-electron chi connectivity index (χ3n) is 5.05. The van der Waals surface area contributed by atoms with Crippen LogP contribution >= 0.6 is 24.0 Å². The number of hydrogen-bond acceptors (Lipinski definition) is 4. The van der Waals surface area contributed by atoms with Gasteiger partial charge in [0.2, 0.25) is 0 Å². The molecule has 0 aliphatic carbocycles. The van der Waals surface area contributed by atoms with E-state index in [1.165, 1.54) is 5.69 Å². The highest BCUT2D eigenvalue weighted by Gasteiger charge is 2.25. The lowest BCUT2D eigenvalue weighted by molar-refractivity contribution is -0.00803. The van der Waals surface area contributed by atoms with Crippen LogP contribution in [0.5, 0.6) is 0 Å². The van der Waals surface area contributed by atoms with Crippen LogP contribution < -0.4 is 10.2 Å². The van der Waals surface area contributed by atoms with Crippen molar-refractivity contribution in [2.24, 2.45) is 12.0 Å². The molecule has 3 rings (SSSR count). The van der Waals surface area contributed by atoms with Gasteiger partial charge in [0, 0.05) is 57.7 Å². The zero-order valence-electron chi connectivity index (χ0n) is 17.1. The topological polar surface area (TPSA) is 57.9 Å². The maximum Gasteiger partial charge on any atom is 0.193 e. The number of anilines is 1. The van der Waals surface area contributed by atoms with Crippen LogP contribution in [0.4, 0.5) is 5.69 Å². The lowest BCUT2D eigenvalue weighted by atomic mass is 10.1. The number of benzene rings is 1. The number of aromatic nitrogens is 2. The first kappa shape index (κ1) is 22.5. The van der Waals surface area contributed by atoms with E-state index in [1.54, 1.807) is 0 Å². The van der Waals surface area contributed by atoms with E-state index in [0.717, 1.165) is 31.2 Å². The largest absolute Gasteiger partial charge is 0.370 e. The van der Waals surface area contributed by atoms with Crippen molar-refractivity contribution in [2.45, 2.75) is 19.1 Å². The van der Waals surface area contributed by atoms with Crippen LogP contribution in [0, 0.1) is 0 Å². The number of likely N-dealkylation sites (N-methyl/N-ethyl adjacent to an activating group) is 1. The van der Waals surface area contributed by atoms with Crippen LogP contribution in [0.2, 0.25) is 0 Å². The van der Waals surface area contributed by atoms with Crippen LogP contribution in [0.15, 0.2) is 47.7 Å². The van der Waals surface area contributed by atoms with Gasteiger partial charge in [-0.25, -0.2) is 0 Å². The average molecular weight is 498 g/mol. The average Bonchev–Trinajstić information content (AvgIpc) is 3.15. The molecule has 0 bridgehead atoms. The Morgan fingerprint density at radius 2 is 2.14 bits per heavy atom. The Balaban J connectivity index is 0.00000280. The zero-order valence-corrected chi connectivity index (χ0v) is 19.4. The van der Waals surface area contributed by atoms with Crippen molar-refractivity contribution < 1.29 is 4.74 Å². The molecule has 0 saturated carbocycles. The number of halogens is 1. The second-order valence-electron chi connectivity index (χ2n) is 6.98. The van der Waals surface area contributed by atoms with Gasteiger partial charge in [-0.2, -0.15) is 5.10 Å². The van der Waals surface area contributed by atoms with Crippen molar-refractivity contribution in [3.63, 3.8) is 0 Å². The van der Waals surface area contributed by atoms with Gasteiger partial charge in [0.25, 0.3) is 0 Å². The van der Waals surface area contributed by atoms with E-state index in [0.29, 0.717) is 12.6 Å². The first-order valence-corrected chi connectivity index (χ1v) is 9.42. The van der Waals surface area contributed by atoms with Gasteiger partial charge in [-0.15, -0.1) is 24.0 Å². The Morgan fingerprint density at radius 1 is 1.39 bits per heavy atom. The molecule has 1 aromatic carbocycles. The number of rotatable bonds is 5. The summed E-state index contributed by atoms with van der Waals surface area (Å²) in [5.41, 5.74) is 2.32. The highest BCUT2D eigenvalue weighted by Crippen LogP contribution is 2.21. The van der Waals surface area contributed by atoms with E-state index >= 15 is 0 Å². The van der Waals surface area contributed by atoms with Crippen LogP contribution in [0.3, 0.4) is 0 Å². The maximum absolute atomic E-state index is 5.94. The number of guanidine groups is 1. The molecule has 2 unspecified atom stereocenters. The predicted molar refractivity (Wildman–Crippen MR) is 125 cm³/mol. The molecule has 1 fully saturated rings. The quantitative estimate of drug-likeness (QED) is 0.390. The monoisotopic (exact) mass is 498 g/mol. The molecule has 1 aliphatic rings. The molecule has 154 valence electrons. The summed E-state index contributed by atoms with van der Waals surface area (Å²) in [5.74, 6) is 0.917. The Morgan fingerprint density at radius 3 is 2.79 bits per heavy atom. The summed E-state index contributed by atoms with van der Waals surface area (Å²) in [6.07, 6.45) is 3.91. The normalized spacial score (nSPS) is 18.4. The highest BCUT2D eigenvalue weighted by molar-refractivity contribution is 14.0. The van der Waals surface area contributed by atoms with E-state index in [1.807, 2.05) is 37.2 Å². The number of aryl methyl sites for hydroxylation is 1. The smallest absolute Gasteiger partial charge is 0.193 e. The fraction of sp³-hybridized carbons (Fsp3) is 0.500. The molecule has 1 N–H and O–H groups in total. The molecule has 2 atom stereocenters. The molecule has 1 saturated heterocycles. The van der Waals surface area contributed by atoms with Crippen molar-refractivity contribution in [3.8, 4) is 0 Å². The minimum absolute atomic E-state index is 0. The number of nitrogens with one attached hydrogen (secondary N) is 1. The molecular weight excluding hydrogens is 467 g/mol. The Bertz CT molecular complexity index is 750. The SMILES string of the molecule is CN=C(NCC(C)N(C)c1ccccc1)N1CCOC(c2cnn(C)c2)C1.I. The van der Waals surface area contributed by atoms with Gasteiger partial charge in [-0.3, -0.25) is 9.67 Å². The van der Waals surface area contributed by atoms with Crippen molar-refractivity contribution in [1.82, 2.24) is 20.0 Å². The summed E-state index contributed by atoms with van der Waals surface area (Å²) >= 11 is 0. The van der Waals surface area contributed by atoms with Gasteiger partial charge in [0.05, 0.1) is 19.3 Å². The minimum atomic E-state index is 0. The Labute approximate surface area is 184 Å². The first-order valence-electron chi connectivity index (χ1n) is 9.42. The predicted octanol–water partition coefficient (Wildman–Crippen LogP) is 2.51. The van der Waals surface area contributed by atoms with Gasteiger partial charge in [0.1, 0.15) is 6.10 Å². The van der Waals surface area contributed by atoms with Crippen molar-refractivity contribution in [2.75, 3.05) is 45.2 Å². The first-order chi connectivity index (χ1) is 13.1. The van der Waals surface area contributed by atoms with Gasteiger partial charge in [0.15, 0.2) is 5.96 Å². The van der Waals surface area contributed by atoms with Crippen LogP contribution in [0.25, 0.3) is 0 Å². The Kier molecular flexibility index (Phi) is 8.56. The number of nitrogens with zero attached hydrogens (tertiary/aromatic N) is 5. The molecule has 2 heterocycles. The van der Waals surface area contributed by atoms with Crippen LogP contribution in [-0.2, 0) is 11.8 Å². The van der Waals surface area contributed by atoms with Crippen molar-refractivity contribution in [1.29, 1.82) is 0 Å². The summed E-state index contributed by atoms with van der Waals surface area (Å²) in [6.45, 7) is 5.31. The van der Waals surface area contributed by atoms with Gasteiger partial charge < -0.3 is 19.9 Å². The zero-order chi connectivity index (χ0) is 19.2. The Hall–Kier alpha value is -1.81. The van der Waals surface area contributed by atoms with E-state index in [4.69, 9.17) is 4.74 Å². The number of aliphatic imine (C=N–C) groups is 1. The number of hydrogen-bond donors (Lipinski definition) is 1. The summed E-state index contributed by atoms with van der Waals surface area (Å²) in [7, 11) is 5.88. The lowest BCUT2D eigenvalue weighted by Crippen LogP contribution is -2.50. The second kappa shape index (κ2) is 10.7. The minimum Gasteiger partial charge on any atom is -0.370 e. The molecule has 0 radical (unpaired) electrons. The van der Waals surface area contributed by atoms with Gasteiger partial charge in [-0.05, 0) is 19.1 Å². The van der Waals surface area contributed by atoms with E-state index in [9.17, 15) is 0 Å². The summed E-state index contributed by atoms with van der Waals surface area (Å²) < 4.78 is 7.75.